The molecule has 3 unspecified atom stereocenters. The second-order valence-corrected chi connectivity index (χ2v) is 7.30. The van der Waals surface area contributed by atoms with Crippen molar-refractivity contribution >= 4 is 23.1 Å². The first-order valence-corrected chi connectivity index (χ1v) is 7.92. The summed E-state index contributed by atoms with van der Waals surface area (Å²) in [7, 11) is 0. The standard InChI is InChI=1S/C13H23NOS2/c1-4-11(14)13(17-10(3)7-8-15)12-6-5-9(2)16-12/h5-6,10-11,13,15H,4,7-8,14H2,1-3H3. The smallest absolute Gasteiger partial charge is 0.0544 e. The Morgan fingerprint density at radius 3 is 2.65 bits per heavy atom. The topological polar surface area (TPSA) is 46.2 Å². The molecule has 1 heterocycles. The average molecular weight is 273 g/mol. The van der Waals surface area contributed by atoms with Crippen molar-refractivity contribution in [2.45, 2.75) is 50.2 Å². The third kappa shape index (κ3) is 4.62. The summed E-state index contributed by atoms with van der Waals surface area (Å²) in [6.45, 7) is 6.68. The molecule has 2 nitrogen and oxygen atoms in total. The molecule has 98 valence electrons. The first-order chi connectivity index (χ1) is 8.08. The summed E-state index contributed by atoms with van der Waals surface area (Å²) in [5.41, 5.74) is 6.23. The van der Waals surface area contributed by atoms with E-state index in [1.807, 2.05) is 23.1 Å². The number of thiophene rings is 1. The van der Waals surface area contributed by atoms with Gasteiger partial charge in [-0.1, -0.05) is 13.8 Å². The molecule has 0 saturated carbocycles. The monoisotopic (exact) mass is 273 g/mol. The van der Waals surface area contributed by atoms with Gasteiger partial charge in [0.25, 0.3) is 0 Å². The van der Waals surface area contributed by atoms with Gasteiger partial charge in [0.05, 0.1) is 5.25 Å². The van der Waals surface area contributed by atoms with Crippen LogP contribution in [-0.2, 0) is 0 Å². The van der Waals surface area contributed by atoms with Gasteiger partial charge in [-0.25, -0.2) is 0 Å². The number of hydrogen-bond acceptors (Lipinski definition) is 4. The lowest BCUT2D eigenvalue weighted by atomic mass is 10.1. The fourth-order valence-electron chi connectivity index (χ4n) is 1.70. The number of aliphatic hydroxyl groups excluding tert-OH is 1. The molecule has 0 bridgehead atoms. The van der Waals surface area contributed by atoms with Crippen LogP contribution in [0, 0.1) is 6.92 Å². The Kier molecular flexibility index (Phi) is 6.55. The van der Waals surface area contributed by atoms with Gasteiger partial charge in [0.2, 0.25) is 0 Å². The highest BCUT2D eigenvalue weighted by Crippen LogP contribution is 2.39. The summed E-state index contributed by atoms with van der Waals surface area (Å²) >= 11 is 3.73. The quantitative estimate of drug-likeness (QED) is 0.801. The van der Waals surface area contributed by atoms with E-state index in [9.17, 15) is 0 Å². The molecule has 0 aromatic carbocycles. The van der Waals surface area contributed by atoms with Crippen LogP contribution in [0.25, 0.3) is 0 Å². The van der Waals surface area contributed by atoms with Crippen LogP contribution in [0.1, 0.15) is 41.7 Å². The summed E-state index contributed by atoms with van der Waals surface area (Å²) in [4.78, 5) is 2.70. The van der Waals surface area contributed by atoms with Crippen LogP contribution < -0.4 is 5.73 Å². The Labute approximate surface area is 113 Å². The number of aliphatic hydroxyl groups is 1. The molecule has 17 heavy (non-hydrogen) atoms. The second-order valence-electron chi connectivity index (χ2n) is 4.40. The van der Waals surface area contributed by atoms with E-state index in [4.69, 9.17) is 10.8 Å². The van der Waals surface area contributed by atoms with E-state index in [0.29, 0.717) is 10.5 Å². The fourth-order valence-corrected chi connectivity index (χ4v) is 4.29. The van der Waals surface area contributed by atoms with Gasteiger partial charge >= 0.3 is 0 Å². The van der Waals surface area contributed by atoms with Gasteiger partial charge in [-0.2, -0.15) is 0 Å². The average Bonchev–Trinajstić information content (AvgIpc) is 2.72. The summed E-state index contributed by atoms with van der Waals surface area (Å²) in [6.07, 6.45) is 1.82. The van der Waals surface area contributed by atoms with E-state index in [2.05, 4.69) is 32.9 Å². The minimum Gasteiger partial charge on any atom is -0.396 e. The van der Waals surface area contributed by atoms with Crippen LogP contribution in [-0.4, -0.2) is 23.0 Å². The van der Waals surface area contributed by atoms with Gasteiger partial charge in [-0.05, 0) is 31.9 Å². The molecule has 0 aliphatic carbocycles. The first kappa shape index (κ1) is 15.0. The normalized spacial score (nSPS) is 16.8. The number of rotatable bonds is 7. The van der Waals surface area contributed by atoms with Crippen LogP contribution in [0.15, 0.2) is 12.1 Å². The molecule has 0 saturated heterocycles. The largest absolute Gasteiger partial charge is 0.396 e. The molecule has 1 rings (SSSR count). The van der Waals surface area contributed by atoms with E-state index in [1.165, 1.54) is 9.75 Å². The number of nitrogens with two attached hydrogens (primary N) is 1. The van der Waals surface area contributed by atoms with Crippen molar-refractivity contribution < 1.29 is 5.11 Å². The Balaban J connectivity index is 2.74. The van der Waals surface area contributed by atoms with Crippen LogP contribution in [0.4, 0.5) is 0 Å². The van der Waals surface area contributed by atoms with E-state index in [1.54, 1.807) is 0 Å². The lowest BCUT2D eigenvalue weighted by Gasteiger charge is -2.24. The first-order valence-electron chi connectivity index (χ1n) is 6.16. The third-order valence-electron chi connectivity index (χ3n) is 2.82. The van der Waals surface area contributed by atoms with Crippen LogP contribution in [0.2, 0.25) is 0 Å². The Morgan fingerprint density at radius 1 is 1.47 bits per heavy atom. The highest BCUT2D eigenvalue weighted by atomic mass is 32.2. The molecule has 4 heteroatoms. The maximum absolute atomic E-state index is 8.98. The fraction of sp³-hybridized carbons (Fsp3) is 0.692. The minimum absolute atomic E-state index is 0.194. The molecule has 0 amide bonds. The van der Waals surface area contributed by atoms with Crippen molar-refractivity contribution in [2.75, 3.05) is 6.61 Å². The molecule has 1 aromatic heterocycles. The van der Waals surface area contributed by atoms with Crippen LogP contribution >= 0.6 is 23.1 Å². The van der Waals surface area contributed by atoms with Gasteiger partial charge in [-0.15, -0.1) is 23.1 Å². The van der Waals surface area contributed by atoms with E-state index in [0.717, 1.165) is 12.8 Å². The van der Waals surface area contributed by atoms with Crippen molar-refractivity contribution in [3.05, 3.63) is 21.9 Å². The van der Waals surface area contributed by atoms with E-state index < -0.39 is 0 Å². The summed E-state index contributed by atoms with van der Waals surface area (Å²) in [5, 5.41) is 9.79. The molecule has 3 atom stereocenters. The van der Waals surface area contributed by atoms with E-state index in [-0.39, 0.29) is 12.6 Å². The summed E-state index contributed by atoms with van der Waals surface area (Å²) in [5.74, 6) is 0. The lowest BCUT2D eigenvalue weighted by Crippen LogP contribution is -2.26. The zero-order valence-electron chi connectivity index (χ0n) is 10.8. The molecule has 3 N–H and O–H groups in total. The minimum atomic E-state index is 0.194. The van der Waals surface area contributed by atoms with Gasteiger partial charge in [0.1, 0.15) is 0 Å². The van der Waals surface area contributed by atoms with Crippen molar-refractivity contribution in [1.82, 2.24) is 0 Å². The van der Waals surface area contributed by atoms with Gasteiger partial charge < -0.3 is 10.8 Å². The van der Waals surface area contributed by atoms with Crippen molar-refractivity contribution in [3.8, 4) is 0 Å². The Bertz CT molecular complexity index is 327. The van der Waals surface area contributed by atoms with Gasteiger partial charge in [-0.3, -0.25) is 0 Å². The zero-order chi connectivity index (χ0) is 12.8. The van der Waals surface area contributed by atoms with Gasteiger partial charge in [0, 0.05) is 27.7 Å². The SMILES string of the molecule is CCC(N)C(SC(C)CCO)c1ccc(C)s1. The molecule has 0 spiro atoms. The summed E-state index contributed by atoms with van der Waals surface area (Å²) < 4.78 is 0. The number of thioether (sulfide) groups is 1. The van der Waals surface area contributed by atoms with Crippen LogP contribution in [0.5, 0.6) is 0 Å². The van der Waals surface area contributed by atoms with Crippen molar-refractivity contribution in [2.24, 2.45) is 5.73 Å². The predicted molar refractivity (Wildman–Crippen MR) is 78.8 cm³/mol. The van der Waals surface area contributed by atoms with E-state index >= 15 is 0 Å². The number of hydrogen-bond donors (Lipinski definition) is 2. The van der Waals surface area contributed by atoms with Crippen LogP contribution in [0.3, 0.4) is 0 Å². The van der Waals surface area contributed by atoms with Crippen molar-refractivity contribution in [3.63, 3.8) is 0 Å². The highest BCUT2D eigenvalue weighted by molar-refractivity contribution is 8.00. The van der Waals surface area contributed by atoms with Gasteiger partial charge in [0.15, 0.2) is 0 Å². The molecule has 0 aliphatic heterocycles. The second kappa shape index (κ2) is 7.41. The number of aryl methyl sites for hydroxylation is 1. The maximum Gasteiger partial charge on any atom is 0.0544 e. The third-order valence-corrected chi connectivity index (χ3v) is 5.65. The molecule has 0 aliphatic rings. The zero-order valence-corrected chi connectivity index (χ0v) is 12.5. The molecular weight excluding hydrogens is 250 g/mol. The Hall–Kier alpha value is -0.0300. The highest BCUT2D eigenvalue weighted by Gasteiger charge is 2.22. The molecule has 0 radical (unpaired) electrons. The summed E-state index contributed by atoms with van der Waals surface area (Å²) in [6, 6.07) is 4.55. The Morgan fingerprint density at radius 2 is 2.18 bits per heavy atom. The van der Waals surface area contributed by atoms with Crippen molar-refractivity contribution in [1.29, 1.82) is 0 Å². The molecule has 1 aromatic rings. The lowest BCUT2D eigenvalue weighted by molar-refractivity contribution is 0.288. The molecule has 0 fully saturated rings. The predicted octanol–water partition coefficient (Wildman–Crippen LogP) is 3.34. The molecular formula is C13H23NOS2. The maximum atomic E-state index is 8.98.